The molecule has 1 spiro atoms. The molecule has 2 fully saturated rings. The van der Waals surface area contributed by atoms with Crippen molar-refractivity contribution < 1.29 is 23.1 Å². The van der Waals surface area contributed by atoms with E-state index in [-0.39, 0.29) is 40.4 Å². The Bertz CT molecular complexity index is 1540. The summed E-state index contributed by atoms with van der Waals surface area (Å²) in [6, 6.07) is 11.3. The summed E-state index contributed by atoms with van der Waals surface area (Å²) in [5.41, 5.74) is 3.27. The van der Waals surface area contributed by atoms with Gasteiger partial charge in [0, 0.05) is 29.1 Å². The van der Waals surface area contributed by atoms with Gasteiger partial charge in [-0.05, 0) is 111 Å². The maximum Gasteiger partial charge on any atom is 0.264 e. The van der Waals surface area contributed by atoms with Gasteiger partial charge < -0.3 is 14.7 Å². The Labute approximate surface area is 260 Å². The summed E-state index contributed by atoms with van der Waals surface area (Å²) >= 11 is 6.38. The lowest BCUT2D eigenvalue weighted by Crippen LogP contribution is -2.49. The van der Waals surface area contributed by atoms with Gasteiger partial charge in [0.1, 0.15) is 5.75 Å². The first-order valence-corrected chi connectivity index (χ1v) is 17.4. The fourth-order valence-electron chi connectivity index (χ4n) is 7.45. The Hall–Kier alpha value is -2.81. The highest BCUT2D eigenvalue weighted by molar-refractivity contribution is 7.90. The number of carbonyl (C=O) groups excluding carboxylic acids is 1. The molecule has 3 aliphatic carbocycles. The molecule has 0 radical (unpaired) electrons. The zero-order valence-electron chi connectivity index (χ0n) is 24.7. The highest BCUT2D eigenvalue weighted by atomic mass is 35.5. The highest BCUT2D eigenvalue weighted by Gasteiger charge is 2.44. The van der Waals surface area contributed by atoms with Crippen molar-refractivity contribution in [2.24, 2.45) is 23.7 Å². The first-order chi connectivity index (χ1) is 20.6. The molecule has 2 aromatic rings. The van der Waals surface area contributed by atoms with E-state index < -0.39 is 22.0 Å². The molecule has 1 heterocycles. The molecule has 0 saturated heterocycles. The number of rotatable bonds is 9. The lowest BCUT2D eigenvalue weighted by atomic mass is 9.68. The van der Waals surface area contributed by atoms with E-state index in [1.807, 2.05) is 25.1 Å². The van der Waals surface area contributed by atoms with Gasteiger partial charge in [-0.3, -0.25) is 4.79 Å². The number of nitrogens with one attached hydrogen (secondary N) is 1. The van der Waals surface area contributed by atoms with Crippen molar-refractivity contribution in [3.05, 3.63) is 82.9 Å². The van der Waals surface area contributed by atoms with Gasteiger partial charge in [-0.2, -0.15) is 0 Å². The van der Waals surface area contributed by atoms with Crippen LogP contribution in [0.25, 0.3) is 0 Å². The minimum Gasteiger partial charge on any atom is -0.490 e. The van der Waals surface area contributed by atoms with Crippen molar-refractivity contribution in [3.63, 3.8) is 0 Å². The number of hydrogen-bond donors (Lipinski definition) is 2. The number of allylic oxidation sites excluding steroid dienone is 2. The predicted molar refractivity (Wildman–Crippen MR) is 170 cm³/mol. The van der Waals surface area contributed by atoms with E-state index in [0.717, 1.165) is 49.2 Å². The van der Waals surface area contributed by atoms with Gasteiger partial charge in [0.2, 0.25) is 10.0 Å². The molecule has 43 heavy (non-hydrogen) atoms. The van der Waals surface area contributed by atoms with E-state index in [9.17, 15) is 18.3 Å². The molecule has 6 rings (SSSR count). The average Bonchev–Trinajstić information content (AvgIpc) is 3.71. The summed E-state index contributed by atoms with van der Waals surface area (Å²) in [6.45, 7) is 7.58. The smallest absolute Gasteiger partial charge is 0.264 e. The Balaban J connectivity index is 1.30. The molecule has 1 amide bonds. The number of carbonyl (C=O) groups is 1. The molecule has 0 unspecified atom stereocenters. The first-order valence-electron chi connectivity index (χ1n) is 15.4. The highest BCUT2D eigenvalue weighted by Crippen LogP contribution is 2.47. The van der Waals surface area contributed by atoms with Crippen molar-refractivity contribution in [1.82, 2.24) is 4.72 Å². The van der Waals surface area contributed by atoms with Gasteiger partial charge in [0.15, 0.2) is 0 Å². The second kappa shape index (κ2) is 11.9. The summed E-state index contributed by atoms with van der Waals surface area (Å²) in [5, 5.41) is 11.3. The number of nitrogens with zero attached hydrogens (tertiary/aromatic N) is 1. The van der Waals surface area contributed by atoms with Crippen molar-refractivity contribution in [2.75, 3.05) is 30.3 Å². The number of aryl methyl sites for hydroxylation is 1. The number of sulfonamides is 1. The number of halogens is 1. The monoisotopic (exact) mass is 624 g/mol. The summed E-state index contributed by atoms with van der Waals surface area (Å²) in [4.78, 5) is 15.6. The molecule has 7 nitrogen and oxygen atoms in total. The van der Waals surface area contributed by atoms with Crippen LogP contribution < -0.4 is 14.4 Å². The maximum absolute atomic E-state index is 13.3. The number of anilines is 1. The molecule has 2 saturated carbocycles. The minimum absolute atomic E-state index is 0.0446. The molecule has 230 valence electrons. The van der Waals surface area contributed by atoms with Crippen LogP contribution in [0.3, 0.4) is 0 Å². The number of amides is 1. The van der Waals surface area contributed by atoms with E-state index in [0.29, 0.717) is 25.4 Å². The molecular formula is C34H41ClN2O5S. The van der Waals surface area contributed by atoms with Crippen LogP contribution in [0.5, 0.6) is 5.75 Å². The van der Waals surface area contributed by atoms with Crippen LogP contribution in [-0.4, -0.2) is 51.0 Å². The van der Waals surface area contributed by atoms with E-state index in [4.69, 9.17) is 16.3 Å². The SMILES string of the molecule is C=C[C@H](O)[C@@H]1CC[C@H]1CN1C[C@@]2(CCCc3cc(Cl)ccc32)COc2ccc(C(=O)NS(=O)(=O)C[C@H]3C[C@@H]3/C=C/C)cc21. The van der Waals surface area contributed by atoms with Crippen LogP contribution in [0.15, 0.2) is 61.2 Å². The fourth-order valence-corrected chi connectivity index (χ4v) is 9.08. The first kappa shape index (κ1) is 30.2. The van der Waals surface area contributed by atoms with Gasteiger partial charge in [0.25, 0.3) is 5.91 Å². The third-order valence-corrected chi connectivity index (χ3v) is 11.6. The van der Waals surface area contributed by atoms with Crippen LogP contribution in [0, 0.1) is 23.7 Å². The van der Waals surface area contributed by atoms with E-state index in [1.54, 1.807) is 24.3 Å². The van der Waals surface area contributed by atoms with Crippen molar-refractivity contribution >= 4 is 33.2 Å². The van der Waals surface area contributed by atoms with Crippen LogP contribution in [0.1, 0.15) is 60.5 Å². The second-order valence-electron chi connectivity index (χ2n) is 12.9. The molecule has 1 aliphatic heterocycles. The largest absolute Gasteiger partial charge is 0.490 e. The zero-order chi connectivity index (χ0) is 30.4. The number of aliphatic hydroxyl groups is 1. The molecule has 2 N–H and O–H groups in total. The molecule has 6 atom stereocenters. The quantitative estimate of drug-likeness (QED) is 0.350. The van der Waals surface area contributed by atoms with Gasteiger partial charge >= 0.3 is 0 Å². The third kappa shape index (κ3) is 6.24. The summed E-state index contributed by atoms with van der Waals surface area (Å²) in [6.07, 6.45) is 10.7. The molecule has 0 aromatic heterocycles. The van der Waals surface area contributed by atoms with Gasteiger partial charge in [-0.15, -0.1) is 6.58 Å². The molecular weight excluding hydrogens is 584 g/mol. The van der Waals surface area contributed by atoms with Crippen molar-refractivity contribution in [3.8, 4) is 5.75 Å². The molecule has 0 bridgehead atoms. The number of ether oxygens (including phenoxy) is 1. The predicted octanol–water partition coefficient (Wildman–Crippen LogP) is 5.66. The van der Waals surface area contributed by atoms with Gasteiger partial charge in [-0.25, -0.2) is 13.1 Å². The van der Waals surface area contributed by atoms with E-state index in [2.05, 4.69) is 28.3 Å². The lowest BCUT2D eigenvalue weighted by molar-refractivity contribution is 0.0460. The van der Waals surface area contributed by atoms with Gasteiger partial charge in [-0.1, -0.05) is 35.9 Å². The fraction of sp³-hybridized carbons (Fsp3) is 0.500. The Morgan fingerprint density at radius 3 is 2.84 bits per heavy atom. The second-order valence-corrected chi connectivity index (χ2v) is 15.1. The minimum atomic E-state index is -3.78. The Kier molecular flexibility index (Phi) is 8.39. The Morgan fingerprint density at radius 2 is 2.09 bits per heavy atom. The average molecular weight is 625 g/mol. The molecule has 4 aliphatic rings. The normalized spacial score (nSPS) is 28.7. The third-order valence-electron chi connectivity index (χ3n) is 10.0. The lowest BCUT2D eigenvalue weighted by Gasteiger charge is -2.45. The number of fused-ring (bicyclic) bond motifs is 3. The number of benzene rings is 2. The van der Waals surface area contributed by atoms with Crippen molar-refractivity contribution in [2.45, 2.75) is 57.0 Å². The molecule has 9 heteroatoms. The van der Waals surface area contributed by atoms with Crippen LogP contribution >= 0.6 is 11.6 Å². The van der Waals surface area contributed by atoms with Crippen LogP contribution in [0.2, 0.25) is 5.02 Å². The van der Waals surface area contributed by atoms with E-state index in [1.165, 1.54) is 11.1 Å². The maximum atomic E-state index is 13.3. The summed E-state index contributed by atoms with van der Waals surface area (Å²) < 4.78 is 34.5. The Morgan fingerprint density at radius 1 is 1.26 bits per heavy atom. The zero-order valence-corrected chi connectivity index (χ0v) is 26.2. The van der Waals surface area contributed by atoms with E-state index >= 15 is 0 Å². The van der Waals surface area contributed by atoms with Crippen molar-refractivity contribution in [1.29, 1.82) is 0 Å². The molecule has 2 aromatic carbocycles. The number of aliphatic hydroxyl groups excluding tert-OH is 1. The topological polar surface area (TPSA) is 95.9 Å². The summed E-state index contributed by atoms with van der Waals surface area (Å²) in [7, 11) is -3.78. The van der Waals surface area contributed by atoms with Crippen LogP contribution in [-0.2, 0) is 21.9 Å². The van der Waals surface area contributed by atoms with Crippen LogP contribution in [0.4, 0.5) is 5.69 Å². The van der Waals surface area contributed by atoms with Gasteiger partial charge in [0.05, 0.1) is 24.2 Å². The standard InChI is InChI=1S/C34H41ClN2O5S/c1-3-6-22-15-26(22)19-43(40,41)36-33(39)24-9-13-32-30(17-24)37(18-25-8-11-28(25)31(38)4-2)20-34(21-42-32)14-5-7-23-16-27(35)10-12-29(23)34/h3-4,6,9-10,12-13,16-17,22,25-26,28,31,38H,2,5,7-8,11,14-15,18-21H2,1H3,(H,36,39)/b6-3+/t22-,25-,26+,28+,31-,34-/m0/s1. The summed E-state index contributed by atoms with van der Waals surface area (Å²) in [5.74, 6) is 0.668. The number of hydrogen-bond acceptors (Lipinski definition) is 6.